The summed E-state index contributed by atoms with van der Waals surface area (Å²) in [5.74, 6) is 0. The lowest BCUT2D eigenvalue weighted by Gasteiger charge is -2.40. The molecular formula is C11H16ClN3O. The van der Waals surface area contributed by atoms with Gasteiger partial charge >= 0.3 is 0 Å². The smallest absolute Gasteiger partial charge is 0.285 e. The molecule has 1 aliphatic heterocycles. The first-order chi connectivity index (χ1) is 7.61. The number of anilines is 1. The second kappa shape index (κ2) is 4.45. The number of piperidine rings is 1. The second-order valence-corrected chi connectivity index (χ2v) is 4.81. The zero-order valence-electron chi connectivity index (χ0n) is 9.53. The van der Waals surface area contributed by atoms with Crippen molar-refractivity contribution >= 4 is 17.3 Å². The number of rotatable bonds is 1. The fraction of sp³-hybridized carbons (Fsp3) is 0.636. The van der Waals surface area contributed by atoms with Crippen LogP contribution in [0.3, 0.4) is 0 Å². The molecule has 5 heteroatoms. The van der Waals surface area contributed by atoms with Crippen molar-refractivity contribution in [3.8, 4) is 0 Å². The van der Waals surface area contributed by atoms with Crippen LogP contribution in [0.25, 0.3) is 0 Å². The fourth-order valence-electron chi connectivity index (χ4n) is 2.45. The first kappa shape index (κ1) is 11.5. The largest absolute Gasteiger partial charge is 0.363 e. The Balaban J connectivity index is 2.41. The van der Waals surface area contributed by atoms with E-state index in [0.29, 0.717) is 12.1 Å². The van der Waals surface area contributed by atoms with Crippen molar-refractivity contribution in [2.45, 2.75) is 45.2 Å². The van der Waals surface area contributed by atoms with Crippen LogP contribution in [0.1, 0.15) is 33.1 Å². The highest BCUT2D eigenvalue weighted by Crippen LogP contribution is 2.31. The first-order valence-electron chi connectivity index (χ1n) is 5.62. The molecule has 0 aliphatic carbocycles. The van der Waals surface area contributed by atoms with Crippen molar-refractivity contribution in [1.29, 1.82) is 0 Å². The molecule has 88 valence electrons. The van der Waals surface area contributed by atoms with Crippen LogP contribution in [0.15, 0.2) is 11.0 Å². The molecule has 2 rings (SSSR count). The van der Waals surface area contributed by atoms with E-state index in [2.05, 4.69) is 28.9 Å². The Morgan fingerprint density at radius 2 is 2.06 bits per heavy atom. The van der Waals surface area contributed by atoms with Gasteiger partial charge in [-0.1, -0.05) is 11.6 Å². The van der Waals surface area contributed by atoms with Crippen molar-refractivity contribution < 1.29 is 0 Å². The van der Waals surface area contributed by atoms with Gasteiger partial charge in [0.15, 0.2) is 0 Å². The Bertz CT molecular complexity index is 421. The van der Waals surface area contributed by atoms with Gasteiger partial charge in [0, 0.05) is 12.1 Å². The lowest BCUT2D eigenvalue weighted by atomic mass is 9.97. The molecule has 2 heterocycles. The summed E-state index contributed by atoms with van der Waals surface area (Å²) in [6.45, 7) is 4.32. The van der Waals surface area contributed by atoms with Crippen LogP contribution >= 0.6 is 11.6 Å². The summed E-state index contributed by atoms with van der Waals surface area (Å²) in [6, 6.07) is 0.815. The molecule has 1 fully saturated rings. The first-order valence-corrected chi connectivity index (χ1v) is 6.00. The van der Waals surface area contributed by atoms with Crippen molar-refractivity contribution in [2.75, 3.05) is 4.90 Å². The van der Waals surface area contributed by atoms with Crippen LogP contribution < -0.4 is 10.5 Å². The highest BCUT2D eigenvalue weighted by Gasteiger charge is 2.27. The van der Waals surface area contributed by atoms with Crippen LogP contribution in [0.5, 0.6) is 0 Å². The number of hydrogen-bond acceptors (Lipinski definition) is 3. The Morgan fingerprint density at radius 1 is 1.44 bits per heavy atom. The van der Waals surface area contributed by atoms with Crippen molar-refractivity contribution in [2.24, 2.45) is 0 Å². The minimum atomic E-state index is -0.316. The van der Waals surface area contributed by atoms with Crippen LogP contribution in [-0.2, 0) is 0 Å². The van der Waals surface area contributed by atoms with Gasteiger partial charge in [-0.3, -0.25) is 4.79 Å². The van der Waals surface area contributed by atoms with Gasteiger partial charge in [0.05, 0.1) is 11.9 Å². The predicted octanol–water partition coefficient (Wildman–Crippen LogP) is 2.19. The molecule has 0 saturated carbocycles. The zero-order chi connectivity index (χ0) is 11.7. The minimum absolute atomic E-state index is 0.246. The van der Waals surface area contributed by atoms with Crippen molar-refractivity contribution in [3.63, 3.8) is 0 Å². The zero-order valence-corrected chi connectivity index (χ0v) is 10.3. The summed E-state index contributed by atoms with van der Waals surface area (Å²) in [5, 5.41) is 6.42. The summed E-state index contributed by atoms with van der Waals surface area (Å²) in [4.78, 5) is 13.6. The van der Waals surface area contributed by atoms with Crippen LogP contribution in [-0.4, -0.2) is 22.3 Å². The van der Waals surface area contributed by atoms with Crippen molar-refractivity contribution in [3.05, 3.63) is 21.6 Å². The Morgan fingerprint density at radius 3 is 2.69 bits per heavy atom. The molecule has 0 bridgehead atoms. The predicted molar refractivity (Wildman–Crippen MR) is 65.1 cm³/mol. The normalized spacial score (nSPS) is 25.8. The summed E-state index contributed by atoms with van der Waals surface area (Å²) < 4.78 is 0. The third-order valence-electron chi connectivity index (χ3n) is 3.25. The van der Waals surface area contributed by atoms with Gasteiger partial charge in [-0.25, -0.2) is 5.10 Å². The van der Waals surface area contributed by atoms with E-state index in [1.807, 2.05) is 0 Å². The standard InChI is InChI=1S/C11H16ClN3O/c1-7-4-3-5-8(2)15(7)9-6-13-14-11(16)10(9)12/h6-8H,3-5H2,1-2H3,(H,14,16). The molecule has 1 aromatic heterocycles. The number of aromatic nitrogens is 2. The number of H-pyrrole nitrogens is 1. The highest BCUT2D eigenvalue weighted by molar-refractivity contribution is 6.33. The Kier molecular flexibility index (Phi) is 3.19. The number of hydrogen-bond donors (Lipinski definition) is 1. The molecule has 4 nitrogen and oxygen atoms in total. The summed E-state index contributed by atoms with van der Waals surface area (Å²) in [7, 11) is 0. The van der Waals surface area contributed by atoms with Gasteiger partial charge in [-0.2, -0.15) is 5.10 Å². The third-order valence-corrected chi connectivity index (χ3v) is 3.61. The molecule has 1 aromatic rings. The van der Waals surface area contributed by atoms with E-state index in [9.17, 15) is 4.79 Å². The van der Waals surface area contributed by atoms with E-state index >= 15 is 0 Å². The minimum Gasteiger partial charge on any atom is -0.363 e. The maximum atomic E-state index is 11.4. The number of nitrogens with one attached hydrogen (secondary N) is 1. The highest BCUT2D eigenvalue weighted by atomic mass is 35.5. The van der Waals surface area contributed by atoms with E-state index in [1.54, 1.807) is 6.20 Å². The summed E-state index contributed by atoms with van der Waals surface area (Å²) >= 11 is 6.03. The Hall–Kier alpha value is -1.03. The molecule has 0 amide bonds. The summed E-state index contributed by atoms with van der Waals surface area (Å²) in [6.07, 6.45) is 5.13. The van der Waals surface area contributed by atoms with Crippen molar-refractivity contribution in [1.82, 2.24) is 10.2 Å². The van der Waals surface area contributed by atoms with E-state index < -0.39 is 0 Å². The molecule has 2 unspecified atom stereocenters. The average molecular weight is 242 g/mol. The monoisotopic (exact) mass is 241 g/mol. The quantitative estimate of drug-likeness (QED) is 0.820. The topological polar surface area (TPSA) is 49.0 Å². The number of nitrogens with zero attached hydrogens (tertiary/aromatic N) is 2. The molecular weight excluding hydrogens is 226 g/mol. The number of halogens is 1. The van der Waals surface area contributed by atoms with E-state index in [0.717, 1.165) is 18.5 Å². The molecule has 16 heavy (non-hydrogen) atoms. The molecule has 0 aromatic carbocycles. The van der Waals surface area contributed by atoms with Crippen LogP contribution in [0, 0.1) is 0 Å². The SMILES string of the molecule is CC1CCCC(C)N1c1cn[nH]c(=O)c1Cl. The number of aromatic amines is 1. The molecule has 2 atom stereocenters. The molecule has 0 radical (unpaired) electrons. The maximum Gasteiger partial charge on any atom is 0.285 e. The Labute approximate surface area is 99.6 Å². The van der Waals surface area contributed by atoms with E-state index in [1.165, 1.54) is 6.42 Å². The average Bonchev–Trinajstić information content (AvgIpc) is 2.24. The summed E-state index contributed by atoms with van der Waals surface area (Å²) in [5.41, 5.74) is 0.439. The third kappa shape index (κ3) is 1.94. The van der Waals surface area contributed by atoms with Crippen LogP contribution in [0.2, 0.25) is 5.02 Å². The fourth-order valence-corrected chi connectivity index (χ4v) is 2.64. The van der Waals surface area contributed by atoms with Gasteiger partial charge in [-0.05, 0) is 33.1 Å². The lowest BCUT2D eigenvalue weighted by Crippen LogP contribution is -2.44. The lowest BCUT2D eigenvalue weighted by molar-refractivity contribution is 0.413. The van der Waals surface area contributed by atoms with E-state index in [-0.39, 0.29) is 10.6 Å². The molecule has 1 saturated heterocycles. The maximum absolute atomic E-state index is 11.4. The van der Waals surface area contributed by atoms with E-state index in [4.69, 9.17) is 11.6 Å². The van der Waals surface area contributed by atoms with Gasteiger partial charge in [0.25, 0.3) is 5.56 Å². The molecule has 1 N–H and O–H groups in total. The van der Waals surface area contributed by atoms with Gasteiger partial charge in [0.1, 0.15) is 5.02 Å². The van der Waals surface area contributed by atoms with Gasteiger partial charge in [-0.15, -0.1) is 0 Å². The van der Waals surface area contributed by atoms with Crippen LogP contribution in [0.4, 0.5) is 5.69 Å². The molecule has 0 spiro atoms. The van der Waals surface area contributed by atoms with Gasteiger partial charge in [0.2, 0.25) is 0 Å². The van der Waals surface area contributed by atoms with Gasteiger partial charge < -0.3 is 4.90 Å². The molecule has 1 aliphatic rings. The second-order valence-electron chi connectivity index (χ2n) is 4.43.